The van der Waals surface area contributed by atoms with Crippen molar-refractivity contribution in [2.75, 3.05) is 13.2 Å². The smallest absolute Gasteiger partial charge is 0.329 e. The molecule has 2 aromatic rings. The molecule has 11 heteroatoms. The van der Waals surface area contributed by atoms with Gasteiger partial charge < -0.3 is 14.8 Å². The van der Waals surface area contributed by atoms with Gasteiger partial charge in [-0.05, 0) is 49.2 Å². The monoisotopic (exact) mass is 556 g/mol. The SMILES string of the molecule is CCOC(=O)C1C(=O)NC(c2ccc(Cl)cc2Cl)C(C#N)(C(=O)OCC)C1c1ccc(Cl)cc1Cl. The van der Waals surface area contributed by atoms with Crippen LogP contribution in [0, 0.1) is 22.7 Å². The number of halogens is 4. The minimum atomic E-state index is -2.17. The van der Waals surface area contributed by atoms with Crippen molar-refractivity contribution in [3.63, 3.8) is 0 Å². The Morgan fingerprint density at radius 3 is 2.00 bits per heavy atom. The van der Waals surface area contributed by atoms with Gasteiger partial charge in [0.15, 0.2) is 5.41 Å². The molecule has 0 saturated carbocycles. The Labute approximate surface area is 222 Å². The highest BCUT2D eigenvalue weighted by molar-refractivity contribution is 6.35. The van der Waals surface area contributed by atoms with E-state index in [-0.39, 0.29) is 39.4 Å². The molecule has 1 aliphatic rings. The van der Waals surface area contributed by atoms with Gasteiger partial charge in [0.2, 0.25) is 5.91 Å². The molecule has 1 amide bonds. The Hall–Kier alpha value is -2.50. The first kappa shape index (κ1) is 27.1. The summed E-state index contributed by atoms with van der Waals surface area (Å²) in [6.45, 7) is 3.04. The van der Waals surface area contributed by atoms with E-state index in [1.165, 1.54) is 36.4 Å². The molecule has 4 atom stereocenters. The van der Waals surface area contributed by atoms with E-state index in [4.69, 9.17) is 55.9 Å². The largest absolute Gasteiger partial charge is 0.465 e. The van der Waals surface area contributed by atoms with Crippen LogP contribution in [0.4, 0.5) is 0 Å². The molecule has 1 aliphatic heterocycles. The molecule has 0 aromatic heterocycles. The molecule has 0 aliphatic carbocycles. The van der Waals surface area contributed by atoms with Crippen molar-refractivity contribution in [1.29, 1.82) is 5.26 Å². The number of piperidine rings is 1. The number of hydrogen-bond donors (Lipinski definition) is 1. The standard InChI is InChI=1S/C24H20Cl4N2O5/c1-3-34-22(32)18-19(14-7-5-12(25)9-16(14)27)24(11-29,23(33)35-4-2)20(30-21(18)31)15-8-6-13(26)10-17(15)28/h5-10,18-20H,3-4H2,1-2H3,(H,30,31). The van der Waals surface area contributed by atoms with E-state index in [1.807, 2.05) is 0 Å². The molecule has 4 unspecified atom stereocenters. The maximum Gasteiger partial charge on any atom is 0.329 e. The zero-order valence-electron chi connectivity index (χ0n) is 18.6. The number of hydrogen-bond acceptors (Lipinski definition) is 6. The summed E-state index contributed by atoms with van der Waals surface area (Å²) in [4.78, 5) is 40.1. The van der Waals surface area contributed by atoms with Crippen LogP contribution in [0.2, 0.25) is 20.1 Å². The Morgan fingerprint density at radius 2 is 1.51 bits per heavy atom. The number of nitriles is 1. The minimum Gasteiger partial charge on any atom is -0.465 e. The van der Waals surface area contributed by atoms with Crippen molar-refractivity contribution in [2.45, 2.75) is 25.8 Å². The number of ether oxygens (including phenoxy) is 2. The van der Waals surface area contributed by atoms with Crippen LogP contribution in [0.25, 0.3) is 0 Å². The van der Waals surface area contributed by atoms with Crippen molar-refractivity contribution in [3.8, 4) is 6.07 Å². The van der Waals surface area contributed by atoms with E-state index in [0.29, 0.717) is 5.02 Å². The predicted molar refractivity (Wildman–Crippen MR) is 131 cm³/mol. The molecule has 1 heterocycles. The molecule has 35 heavy (non-hydrogen) atoms. The second kappa shape index (κ2) is 11.0. The Balaban J connectivity index is 2.40. The van der Waals surface area contributed by atoms with Crippen molar-refractivity contribution < 1.29 is 23.9 Å². The lowest BCUT2D eigenvalue weighted by molar-refractivity contribution is -0.166. The third kappa shape index (κ3) is 4.94. The summed E-state index contributed by atoms with van der Waals surface area (Å²) >= 11 is 25.0. The van der Waals surface area contributed by atoms with E-state index in [1.54, 1.807) is 13.8 Å². The van der Waals surface area contributed by atoms with Gasteiger partial charge in [-0.25, -0.2) is 0 Å². The minimum absolute atomic E-state index is 0.0327. The van der Waals surface area contributed by atoms with Crippen molar-refractivity contribution >= 4 is 64.2 Å². The van der Waals surface area contributed by atoms with Gasteiger partial charge in [-0.3, -0.25) is 14.4 Å². The molecule has 7 nitrogen and oxygen atoms in total. The number of carbonyl (C=O) groups is 3. The summed E-state index contributed by atoms with van der Waals surface area (Å²) in [5.41, 5.74) is -1.76. The summed E-state index contributed by atoms with van der Waals surface area (Å²) in [5.74, 6) is -5.67. The van der Waals surface area contributed by atoms with E-state index in [2.05, 4.69) is 11.4 Å². The number of rotatable bonds is 6. The number of nitrogens with one attached hydrogen (secondary N) is 1. The van der Waals surface area contributed by atoms with Crippen LogP contribution in [0.5, 0.6) is 0 Å². The maximum atomic E-state index is 13.6. The van der Waals surface area contributed by atoms with Crippen molar-refractivity contribution in [3.05, 3.63) is 67.6 Å². The van der Waals surface area contributed by atoms with Gasteiger partial charge in [0.05, 0.1) is 25.3 Å². The average molecular weight is 558 g/mol. The molecule has 0 spiro atoms. The van der Waals surface area contributed by atoms with E-state index in [0.717, 1.165) is 0 Å². The highest BCUT2D eigenvalue weighted by Gasteiger charge is 2.65. The average Bonchev–Trinajstić information content (AvgIpc) is 2.79. The van der Waals surface area contributed by atoms with Crippen LogP contribution in [-0.4, -0.2) is 31.1 Å². The van der Waals surface area contributed by atoms with Crippen LogP contribution < -0.4 is 5.32 Å². The van der Waals surface area contributed by atoms with E-state index in [9.17, 15) is 19.6 Å². The van der Waals surface area contributed by atoms with Crippen LogP contribution in [-0.2, 0) is 23.9 Å². The van der Waals surface area contributed by atoms with Crippen LogP contribution >= 0.6 is 46.4 Å². The molecule has 0 radical (unpaired) electrons. The Bertz CT molecular complexity index is 1210. The zero-order valence-corrected chi connectivity index (χ0v) is 21.6. The number of benzene rings is 2. The molecular formula is C24H20Cl4N2O5. The quantitative estimate of drug-likeness (QED) is 0.371. The van der Waals surface area contributed by atoms with Crippen LogP contribution in [0.15, 0.2) is 36.4 Å². The third-order valence-electron chi connectivity index (χ3n) is 5.76. The molecule has 0 bridgehead atoms. The molecule has 1 fully saturated rings. The van der Waals surface area contributed by atoms with Gasteiger partial charge >= 0.3 is 11.9 Å². The number of carbonyl (C=O) groups excluding carboxylic acids is 3. The first-order valence-corrected chi connectivity index (χ1v) is 12.1. The topological polar surface area (TPSA) is 105 Å². The lowest BCUT2D eigenvalue weighted by atomic mass is 9.59. The summed E-state index contributed by atoms with van der Waals surface area (Å²) in [6.07, 6.45) is 0. The first-order valence-electron chi connectivity index (χ1n) is 10.6. The summed E-state index contributed by atoms with van der Waals surface area (Å²) < 4.78 is 10.5. The van der Waals surface area contributed by atoms with Gasteiger partial charge in [-0.2, -0.15) is 5.26 Å². The molecule has 1 saturated heterocycles. The lowest BCUT2D eigenvalue weighted by Crippen LogP contribution is -2.60. The Morgan fingerprint density at radius 1 is 0.971 bits per heavy atom. The fourth-order valence-corrected chi connectivity index (χ4v) is 5.37. The highest BCUT2D eigenvalue weighted by Crippen LogP contribution is 2.55. The van der Waals surface area contributed by atoms with Gasteiger partial charge in [0.1, 0.15) is 5.92 Å². The zero-order chi connectivity index (χ0) is 25.9. The van der Waals surface area contributed by atoms with Crippen molar-refractivity contribution in [1.82, 2.24) is 5.32 Å². The van der Waals surface area contributed by atoms with Gasteiger partial charge in [0, 0.05) is 26.0 Å². The van der Waals surface area contributed by atoms with E-state index >= 15 is 0 Å². The van der Waals surface area contributed by atoms with Gasteiger partial charge in [-0.1, -0.05) is 58.5 Å². The summed E-state index contributed by atoms with van der Waals surface area (Å²) in [5, 5.41) is 14.0. The Kier molecular flexibility index (Phi) is 8.55. The second-order valence-corrected chi connectivity index (χ2v) is 9.37. The van der Waals surface area contributed by atoms with E-state index < -0.39 is 41.1 Å². The van der Waals surface area contributed by atoms with Gasteiger partial charge in [-0.15, -0.1) is 0 Å². The normalized spacial score (nSPS) is 23.7. The third-order valence-corrected chi connectivity index (χ3v) is 6.88. The fraction of sp³-hybridized carbons (Fsp3) is 0.333. The van der Waals surface area contributed by atoms with Gasteiger partial charge in [0.25, 0.3) is 0 Å². The molecule has 2 aromatic carbocycles. The lowest BCUT2D eigenvalue weighted by Gasteiger charge is -2.46. The summed E-state index contributed by atoms with van der Waals surface area (Å²) in [6, 6.07) is 9.49. The highest BCUT2D eigenvalue weighted by atomic mass is 35.5. The van der Waals surface area contributed by atoms with Crippen molar-refractivity contribution in [2.24, 2.45) is 11.3 Å². The second-order valence-electron chi connectivity index (χ2n) is 7.68. The van der Waals surface area contributed by atoms with Crippen LogP contribution in [0.1, 0.15) is 36.9 Å². The molecular weight excluding hydrogens is 538 g/mol. The molecule has 3 rings (SSSR count). The number of amides is 1. The molecule has 184 valence electrons. The fourth-order valence-electron chi connectivity index (χ4n) is 4.33. The van der Waals surface area contributed by atoms with Crippen LogP contribution in [0.3, 0.4) is 0 Å². The predicted octanol–water partition coefficient (Wildman–Crippen LogP) is 5.51. The number of esters is 2. The molecule has 1 N–H and O–H groups in total. The first-order chi connectivity index (χ1) is 16.6. The maximum absolute atomic E-state index is 13.6. The number of nitrogens with zero attached hydrogens (tertiary/aromatic N) is 1. The summed E-state index contributed by atoms with van der Waals surface area (Å²) in [7, 11) is 0.